The number of carbonyl (C=O) groups excluding carboxylic acids is 2. The fourth-order valence-corrected chi connectivity index (χ4v) is 3.75. The molecule has 1 amide bonds. The number of carbonyl (C=O) groups is 2. The zero-order valence-electron chi connectivity index (χ0n) is 19.4. The van der Waals surface area contributed by atoms with E-state index in [1.54, 1.807) is 24.3 Å². The van der Waals surface area contributed by atoms with Crippen LogP contribution in [0.15, 0.2) is 59.5 Å². The normalized spacial score (nSPS) is 11.0. The van der Waals surface area contributed by atoms with Gasteiger partial charge in [-0.2, -0.15) is 0 Å². The van der Waals surface area contributed by atoms with Crippen molar-refractivity contribution >= 4 is 23.2 Å². The summed E-state index contributed by atoms with van der Waals surface area (Å²) in [6, 6.07) is 12.3. The van der Waals surface area contributed by atoms with Crippen LogP contribution in [0.1, 0.15) is 24.2 Å². The highest BCUT2D eigenvalue weighted by atomic mass is 19.1. The van der Waals surface area contributed by atoms with E-state index in [9.17, 15) is 18.8 Å². The maximum absolute atomic E-state index is 14.0. The molecule has 35 heavy (non-hydrogen) atoms. The molecule has 0 aliphatic rings. The Hall–Kier alpha value is -4.40. The molecule has 4 aromatic rings. The summed E-state index contributed by atoms with van der Waals surface area (Å²) in [4.78, 5) is 46.3. The van der Waals surface area contributed by atoms with Crippen molar-refractivity contribution in [3.05, 3.63) is 76.5 Å². The van der Waals surface area contributed by atoms with Crippen LogP contribution in [0.4, 0.5) is 4.39 Å². The van der Waals surface area contributed by atoms with Crippen molar-refractivity contribution in [3.8, 4) is 28.3 Å². The molecule has 0 unspecified atom stereocenters. The Labute approximate surface area is 200 Å². The summed E-state index contributed by atoms with van der Waals surface area (Å²) in [5.41, 5.74) is 1.26. The van der Waals surface area contributed by atoms with Crippen molar-refractivity contribution in [1.82, 2.24) is 19.9 Å². The molecule has 0 bridgehead atoms. The van der Waals surface area contributed by atoms with Gasteiger partial charge in [-0.25, -0.2) is 14.4 Å². The Kier molecular flexibility index (Phi) is 6.68. The Bertz CT molecular complexity index is 1500. The zero-order chi connectivity index (χ0) is 25.1. The summed E-state index contributed by atoms with van der Waals surface area (Å²) in [5, 5.41) is 2.94. The van der Waals surface area contributed by atoms with E-state index < -0.39 is 11.4 Å². The quantitative estimate of drug-likeness (QED) is 0.411. The van der Waals surface area contributed by atoms with Crippen molar-refractivity contribution < 1.29 is 18.7 Å². The van der Waals surface area contributed by atoms with Gasteiger partial charge in [0.1, 0.15) is 30.2 Å². The molecule has 2 heterocycles. The van der Waals surface area contributed by atoms with E-state index in [0.717, 1.165) is 6.07 Å². The average Bonchev–Trinajstić information content (AvgIpc) is 2.84. The van der Waals surface area contributed by atoms with Gasteiger partial charge in [0.2, 0.25) is 5.91 Å². The van der Waals surface area contributed by atoms with Gasteiger partial charge in [0.05, 0.1) is 12.5 Å². The van der Waals surface area contributed by atoms with Crippen LogP contribution in [0.3, 0.4) is 0 Å². The predicted octanol–water partition coefficient (Wildman–Crippen LogP) is 3.61. The number of aldehydes is 1. The Balaban J connectivity index is 1.92. The van der Waals surface area contributed by atoms with Gasteiger partial charge in [-0.15, -0.1) is 0 Å². The summed E-state index contributed by atoms with van der Waals surface area (Å²) in [7, 11) is 1.53. The van der Waals surface area contributed by atoms with Gasteiger partial charge in [0, 0.05) is 28.9 Å². The molecule has 0 saturated heterocycles. The van der Waals surface area contributed by atoms with Crippen molar-refractivity contribution in [1.29, 1.82) is 0 Å². The zero-order valence-corrected chi connectivity index (χ0v) is 19.4. The van der Waals surface area contributed by atoms with Gasteiger partial charge < -0.3 is 10.1 Å². The number of hydrogen-bond acceptors (Lipinski definition) is 6. The lowest BCUT2D eigenvalue weighted by Gasteiger charge is -2.15. The second-order valence-electron chi connectivity index (χ2n) is 8.27. The number of rotatable bonds is 7. The van der Waals surface area contributed by atoms with E-state index >= 15 is 0 Å². The number of benzene rings is 2. The average molecular weight is 474 g/mol. The Morgan fingerprint density at radius 2 is 1.94 bits per heavy atom. The van der Waals surface area contributed by atoms with Crippen molar-refractivity contribution in [3.63, 3.8) is 0 Å². The molecular weight excluding hydrogens is 451 g/mol. The number of methoxy groups -OCH3 is 1. The minimum Gasteiger partial charge on any atom is -0.497 e. The van der Waals surface area contributed by atoms with Crippen molar-refractivity contribution in [2.75, 3.05) is 7.11 Å². The molecule has 2 aromatic carbocycles. The number of pyridine rings is 1. The summed E-state index contributed by atoms with van der Waals surface area (Å²) >= 11 is 0. The van der Waals surface area contributed by atoms with Crippen molar-refractivity contribution in [2.24, 2.45) is 0 Å². The van der Waals surface area contributed by atoms with Crippen LogP contribution >= 0.6 is 0 Å². The first-order valence-electron chi connectivity index (χ1n) is 10.9. The van der Waals surface area contributed by atoms with Gasteiger partial charge in [-0.05, 0) is 55.8 Å². The fraction of sp³-hybridized carbons (Fsp3) is 0.192. The third-order valence-corrected chi connectivity index (χ3v) is 5.28. The van der Waals surface area contributed by atoms with E-state index in [1.807, 2.05) is 13.8 Å². The molecular formula is C26H23FN4O4. The third kappa shape index (κ3) is 5.08. The van der Waals surface area contributed by atoms with E-state index in [0.29, 0.717) is 28.7 Å². The van der Waals surface area contributed by atoms with Crippen molar-refractivity contribution in [2.45, 2.75) is 26.4 Å². The Morgan fingerprint density at radius 3 is 2.66 bits per heavy atom. The molecule has 0 aliphatic heterocycles. The molecule has 4 rings (SSSR count). The van der Waals surface area contributed by atoms with Crippen LogP contribution in [-0.4, -0.2) is 39.9 Å². The summed E-state index contributed by atoms with van der Waals surface area (Å²) in [6.07, 6.45) is 2.01. The maximum atomic E-state index is 14.0. The molecule has 9 heteroatoms. The van der Waals surface area contributed by atoms with Crippen LogP contribution in [0, 0.1) is 5.82 Å². The van der Waals surface area contributed by atoms with Crippen LogP contribution < -0.4 is 15.6 Å². The largest absolute Gasteiger partial charge is 0.497 e. The van der Waals surface area contributed by atoms with Crippen LogP contribution in [0.2, 0.25) is 0 Å². The fourth-order valence-electron chi connectivity index (χ4n) is 3.75. The van der Waals surface area contributed by atoms with E-state index in [2.05, 4.69) is 15.3 Å². The highest BCUT2D eigenvalue weighted by Gasteiger charge is 2.18. The summed E-state index contributed by atoms with van der Waals surface area (Å²) < 4.78 is 20.6. The first kappa shape index (κ1) is 23.7. The monoisotopic (exact) mass is 474 g/mol. The van der Waals surface area contributed by atoms with Crippen LogP contribution in [0.25, 0.3) is 33.5 Å². The summed E-state index contributed by atoms with van der Waals surface area (Å²) in [6.45, 7) is 3.39. The minimum atomic E-state index is -0.584. The lowest BCUT2D eigenvalue weighted by Crippen LogP contribution is -2.37. The summed E-state index contributed by atoms with van der Waals surface area (Å²) in [5.74, 6) is -0.110. The standard InChI is InChI=1S/C26H23FN4O4/c1-15(2)29-23(33)13-31-25(17-5-4-6-21(10-17)35-3)30-24-22(26(31)34)11-19(12-28-24)18-7-16(14-32)8-20(27)9-18/h4-12,14-15H,13H2,1-3H3,(H,29,33). The Morgan fingerprint density at radius 1 is 1.14 bits per heavy atom. The highest BCUT2D eigenvalue weighted by Crippen LogP contribution is 2.26. The third-order valence-electron chi connectivity index (χ3n) is 5.28. The number of fused-ring (bicyclic) bond motifs is 1. The minimum absolute atomic E-state index is 0.111. The second-order valence-corrected chi connectivity index (χ2v) is 8.27. The molecule has 1 N–H and O–H groups in total. The number of amides is 1. The first-order chi connectivity index (χ1) is 16.8. The molecule has 178 valence electrons. The van der Waals surface area contributed by atoms with E-state index in [-0.39, 0.29) is 40.9 Å². The molecule has 0 spiro atoms. The maximum Gasteiger partial charge on any atom is 0.263 e. The highest BCUT2D eigenvalue weighted by molar-refractivity contribution is 5.85. The number of nitrogens with zero attached hydrogens (tertiary/aromatic N) is 3. The molecule has 0 radical (unpaired) electrons. The molecule has 8 nitrogen and oxygen atoms in total. The lowest BCUT2D eigenvalue weighted by molar-refractivity contribution is -0.122. The molecule has 0 atom stereocenters. The number of hydrogen-bond donors (Lipinski definition) is 1. The smallest absolute Gasteiger partial charge is 0.263 e. The number of halogens is 1. The molecule has 0 saturated carbocycles. The van der Waals surface area contributed by atoms with Gasteiger partial charge in [-0.1, -0.05) is 12.1 Å². The van der Waals surface area contributed by atoms with Gasteiger partial charge in [0.15, 0.2) is 5.65 Å². The van der Waals surface area contributed by atoms with E-state index in [4.69, 9.17) is 4.74 Å². The van der Waals surface area contributed by atoms with Gasteiger partial charge in [0.25, 0.3) is 5.56 Å². The molecule has 2 aromatic heterocycles. The predicted molar refractivity (Wildman–Crippen MR) is 130 cm³/mol. The molecule has 0 fully saturated rings. The molecule has 0 aliphatic carbocycles. The topological polar surface area (TPSA) is 103 Å². The lowest BCUT2D eigenvalue weighted by atomic mass is 10.0. The van der Waals surface area contributed by atoms with Crippen LogP contribution in [0.5, 0.6) is 5.75 Å². The van der Waals surface area contributed by atoms with Gasteiger partial charge >= 0.3 is 0 Å². The second kappa shape index (κ2) is 9.84. The number of ether oxygens (including phenoxy) is 1. The van der Waals surface area contributed by atoms with E-state index in [1.165, 1.54) is 36.1 Å². The number of aromatic nitrogens is 3. The number of nitrogens with one attached hydrogen (secondary N) is 1. The van der Waals surface area contributed by atoms with Crippen LogP contribution in [-0.2, 0) is 11.3 Å². The SMILES string of the molecule is COc1cccc(-c2nc3ncc(-c4cc(F)cc(C=O)c4)cc3c(=O)n2CC(=O)NC(C)C)c1. The first-order valence-corrected chi connectivity index (χ1v) is 10.9. The van der Waals surface area contributed by atoms with Gasteiger partial charge in [-0.3, -0.25) is 19.0 Å².